The summed E-state index contributed by atoms with van der Waals surface area (Å²) in [4.78, 5) is 11.8. The minimum Gasteiger partial charge on any atom is -0.350 e. The highest BCUT2D eigenvalue weighted by Gasteiger charge is 2.09. The third-order valence-electron chi connectivity index (χ3n) is 2.57. The summed E-state index contributed by atoms with van der Waals surface area (Å²) in [7, 11) is 0. The zero-order chi connectivity index (χ0) is 12.3. The molecule has 2 nitrogen and oxygen atoms in total. The van der Waals surface area contributed by atoms with E-state index in [0.717, 1.165) is 5.56 Å². The molecular weight excluding hydrogens is 198 g/mol. The molecule has 88 valence electrons. The topological polar surface area (TPSA) is 29.1 Å². The highest BCUT2D eigenvalue weighted by atomic mass is 16.1. The van der Waals surface area contributed by atoms with Crippen LogP contribution in [-0.2, 0) is 0 Å². The van der Waals surface area contributed by atoms with Crippen molar-refractivity contribution in [3.63, 3.8) is 0 Å². The number of hydrogen-bond acceptors (Lipinski definition) is 1. The average molecular weight is 219 g/mol. The van der Waals surface area contributed by atoms with Gasteiger partial charge in [0.2, 0.25) is 0 Å². The van der Waals surface area contributed by atoms with Crippen molar-refractivity contribution < 1.29 is 4.79 Å². The van der Waals surface area contributed by atoms with Gasteiger partial charge < -0.3 is 5.32 Å². The van der Waals surface area contributed by atoms with Gasteiger partial charge in [-0.1, -0.05) is 19.9 Å². The molecular formula is C14H21NO. The fraction of sp³-hybridized carbons (Fsp3) is 0.500. The lowest BCUT2D eigenvalue weighted by Gasteiger charge is -2.12. The van der Waals surface area contributed by atoms with Crippen LogP contribution < -0.4 is 5.32 Å². The van der Waals surface area contributed by atoms with Gasteiger partial charge in [0, 0.05) is 11.6 Å². The fourth-order valence-corrected chi connectivity index (χ4v) is 1.81. The molecule has 0 heterocycles. The van der Waals surface area contributed by atoms with Crippen LogP contribution in [0.1, 0.15) is 55.1 Å². The van der Waals surface area contributed by atoms with Crippen LogP contribution in [0.15, 0.2) is 18.2 Å². The molecule has 0 saturated carbocycles. The summed E-state index contributed by atoms with van der Waals surface area (Å²) in [6.07, 6.45) is 0. The lowest BCUT2D eigenvalue weighted by atomic mass is 9.96. The summed E-state index contributed by atoms with van der Waals surface area (Å²) in [5.74, 6) is 0.510. The molecule has 0 unspecified atom stereocenters. The van der Waals surface area contributed by atoms with E-state index >= 15 is 0 Å². The van der Waals surface area contributed by atoms with Gasteiger partial charge in [-0.05, 0) is 49.9 Å². The zero-order valence-electron chi connectivity index (χ0n) is 10.8. The summed E-state index contributed by atoms with van der Waals surface area (Å²) in [6, 6.07) is 6.10. The second-order valence-corrected chi connectivity index (χ2v) is 4.85. The van der Waals surface area contributed by atoms with Crippen molar-refractivity contribution >= 4 is 5.91 Å². The van der Waals surface area contributed by atoms with Gasteiger partial charge in [-0.25, -0.2) is 0 Å². The molecule has 0 aliphatic rings. The van der Waals surface area contributed by atoms with Crippen molar-refractivity contribution in [1.29, 1.82) is 0 Å². The number of aryl methyl sites for hydroxylation is 1. The Bertz CT molecular complexity index is 380. The van der Waals surface area contributed by atoms with Gasteiger partial charge in [-0.15, -0.1) is 0 Å². The van der Waals surface area contributed by atoms with E-state index < -0.39 is 0 Å². The Balaban J connectivity index is 2.93. The minimum absolute atomic E-state index is 0.00778. The number of carbonyl (C=O) groups excluding carboxylic acids is 1. The SMILES string of the molecule is Cc1cc(C(=O)NC(C)C)ccc1C(C)C. The number of amides is 1. The summed E-state index contributed by atoms with van der Waals surface area (Å²) in [5.41, 5.74) is 3.24. The molecule has 0 saturated heterocycles. The first kappa shape index (κ1) is 12.8. The molecule has 0 atom stereocenters. The van der Waals surface area contributed by atoms with Crippen LogP contribution in [0.25, 0.3) is 0 Å². The third kappa shape index (κ3) is 3.09. The van der Waals surface area contributed by atoms with Crippen molar-refractivity contribution in [2.24, 2.45) is 0 Å². The van der Waals surface area contributed by atoms with Crippen LogP contribution in [-0.4, -0.2) is 11.9 Å². The van der Waals surface area contributed by atoms with Crippen molar-refractivity contribution in [2.45, 2.75) is 46.6 Å². The molecule has 0 bridgehead atoms. The van der Waals surface area contributed by atoms with E-state index in [2.05, 4.69) is 32.2 Å². The van der Waals surface area contributed by atoms with Gasteiger partial charge in [-0.2, -0.15) is 0 Å². The molecule has 2 heteroatoms. The van der Waals surface area contributed by atoms with E-state index in [9.17, 15) is 4.79 Å². The molecule has 16 heavy (non-hydrogen) atoms. The third-order valence-corrected chi connectivity index (χ3v) is 2.57. The standard InChI is InChI=1S/C14H21NO/c1-9(2)13-7-6-12(8-11(13)5)14(16)15-10(3)4/h6-10H,1-5H3,(H,15,16). The summed E-state index contributed by atoms with van der Waals surface area (Å²) < 4.78 is 0. The van der Waals surface area contributed by atoms with E-state index in [1.165, 1.54) is 11.1 Å². The molecule has 1 rings (SSSR count). The molecule has 0 aromatic heterocycles. The maximum Gasteiger partial charge on any atom is 0.251 e. The lowest BCUT2D eigenvalue weighted by Crippen LogP contribution is -2.30. The normalized spacial score (nSPS) is 10.9. The number of carbonyl (C=O) groups is 1. The molecule has 1 N–H and O–H groups in total. The van der Waals surface area contributed by atoms with Crippen LogP contribution >= 0.6 is 0 Å². The predicted octanol–water partition coefficient (Wildman–Crippen LogP) is 3.26. The fourth-order valence-electron chi connectivity index (χ4n) is 1.81. The summed E-state index contributed by atoms with van der Waals surface area (Å²) in [5, 5.41) is 2.90. The lowest BCUT2D eigenvalue weighted by molar-refractivity contribution is 0.0943. The van der Waals surface area contributed by atoms with Gasteiger partial charge in [0.15, 0.2) is 0 Å². The molecule has 0 aliphatic carbocycles. The first-order valence-corrected chi connectivity index (χ1v) is 5.83. The van der Waals surface area contributed by atoms with Gasteiger partial charge >= 0.3 is 0 Å². The smallest absolute Gasteiger partial charge is 0.251 e. The van der Waals surface area contributed by atoms with Crippen LogP contribution in [0.2, 0.25) is 0 Å². The van der Waals surface area contributed by atoms with Crippen molar-refractivity contribution in [1.82, 2.24) is 5.32 Å². The second kappa shape index (κ2) is 5.15. The minimum atomic E-state index is 0.00778. The number of nitrogens with one attached hydrogen (secondary N) is 1. The van der Waals surface area contributed by atoms with Gasteiger partial charge in [0.1, 0.15) is 0 Å². The van der Waals surface area contributed by atoms with Crippen LogP contribution in [0, 0.1) is 6.92 Å². The Kier molecular flexibility index (Phi) is 4.11. The average Bonchev–Trinajstić information content (AvgIpc) is 2.15. The quantitative estimate of drug-likeness (QED) is 0.830. The zero-order valence-corrected chi connectivity index (χ0v) is 10.8. The van der Waals surface area contributed by atoms with Gasteiger partial charge in [-0.3, -0.25) is 4.79 Å². The summed E-state index contributed by atoms with van der Waals surface area (Å²) >= 11 is 0. The van der Waals surface area contributed by atoms with E-state index in [4.69, 9.17) is 0 Å². The monoisotopic (exact) mass is 219 g/mol. The Morgan fingerprint density at radius 3 is 2.25 bits per heavy atom. The van der Waals surface area contributed by atoms with E-state index in [-0.39, 0.29) is 11.9 Å². The Morgan fingerprint density at radius 2 is 1.81 bits per heavy atom. The maximum absolute atomic E-state index is 11.8. The van der Waals surface area contributed by atoms with Crippen LogP contribution in [0.5, 0.6) is 0 Å². The van der Waals surface area contributed by atoms with Gasteiger partial charge in [0.05, 0.1) is 0 Å². The van der Waals surface area contributed by atoms with Gasteiger partial charge in [0.25, 0.3) is 5.91 Å². The van der Waals surface area contributed by atoms with E-state index in [1.807, 2.05) is 26.0 Å². The molecule has 0 fully saturated rings. The van der Waals surface area contributed by atoms with E-state index in [1.54, 1.807) is 0 Å². The Hall–Kier alpha value is -1.31. The van der Waals surface area contributed by atoms with Crippen LogP contribution in [0.3, 0.4) is 0 Å². The highest BCUT2D eigenvalue weighted by molar-refractivity contribution is 5.94. The van der Waals surface area contributed by atoms with Crippen molar-refractivity contribution in [3.8, 4) is 0 Å². The Labute approximate surface area is 98.1 Å². The molecule has 1 aromatic carbocycles. The molecule has 0 aliphatic heterocycles. The molecule has 0 radical (unpaired) electrons. The number of hydrogen-bond donors (Lipinski definition) is 1. The largest absolute Gasteiger partial charge is 0.350 e. The first-order chi connectivity index (χ1) is 7.41. The molecule has 1 aromatic rings. The van der Waals surface area contributed by atoms with Crippen molar-refractivity contribution in [3.05, 3.63) is 34.9 Å². The first-order valence-electron chi connectivity index (χ1n) is 5.83. The predicted molar refractivity (Wildman–Crippen MR) is 67.9 cm³/mol. The van der Waals surface area contributed by atoms with E-state index in [0.29, 0.717) is 5.92 Å². The molecule has 1 amide bonds. The number of rotatable bonds is 3. The molecule has 0 spiro atoms. The van der Waals surface area contributed by atoms with Crippen molar-refractivity contribution in [2.75, 3.05) is 0 Å². The second-order valence-electron chi connectivity index (χ2n) is 4.85. The number of benzene rings is 1. The maximum atomic E-state index is 11.8. The van der Waals surface area contributed by atoms with Crippen LogP contribution in [0.4, 0.5) is 0 Å². The Morgan fingerprint density at radius 1 is 1.19 bits per heavy atom. The summed E-state index contributed by atoms with van der Waals surface area (Å²) in [6.45, 7) is 10.3. The highest BCUT2D eigenvalue weighted by Crippen LogP contribution is 2.19.